The Balaban J connectivity index is 2.23. The van der Waals surface area contributed by atoms with Gasteiger partial charge in [0.25, 0.3) is 0 Å². The van der Waals surface area contributed by atoms with Gasteiger partial charge in [-0.1, -0.05) is 51.1 Å². The Kier molecular flexibility index (Phi) is 5.06. The summed E-state index contributed by atoms with van der Waals surface area (Å²) in [4.78, 5) is 14.3. The number of hydrogen-bond donors (Lipinski definition) is 0. The molecule has 1 aliphatic heterocycles. The van der Waals surface area contributed by atoms with Crippen LogP contribution in [-0.2, 0) is 4.79 Å². The number of Topliss-reactive ketones (excluding diaryl/α,β-unsaturated/α-hetero) is 1. The molecule has 3 heteroatoms. The number of thioether (sulfide) groups is 1. The topological polar surface area (TPSA) is 20.3 Å². The van der Waals surface area contributed by atoms with Crippen molar-refractivity contribution in [3.63, 3.8) is 0 Å². The van der Waals surface area contributed by atoms with Gasteiger partial charge in [0.2, 0.25) is 0 Å². The molecule has 0 saturated carbocycles. The molecule has 1 aromatic rings. The van der Waals surface area contributed by atoms with E-state index in [9.17, 15) is 4.79 Å². The lowest BCUT2D eigenvalue weighted by Gasteiger charge is -2.28. The zero-order valence-electron chi connectivity index (χ0n) is 12.0. The number of benzene rings is 1. The second kappa shape index (κ2) is 6.58. The van der Waals surface area contributed by atoms with Crippen molar-refractivity contribution in [2.24, 2.45) is 0 Å². The summed E-state index contributed by atoms with van der Waals surface area (Å²) in [6, 6.07) is 11.1. The minimum atomic E-state index is 0.330. The fraction of sp³-hybridized carbons (Fsp3) is 0.562. The minimum Gasteiger partial charge on any atom is -0.298 e. The van der Waals surface area contributed by atoms with E-state index in [1.54, 1.807) is 0 Å². The van der Waals surface area contributed by atoms with E-state index in [1.165, 1.54) is 5.56 Å². The maximum absolute atomic E-state index is 11.9. The molecule has 2 nitrogen and oxygen atoms in total. The van der Waals surface area contributed by atoms with Gasteiger partial charge in [-0.25, -0.2) is 0 Å². The molecule has 3 unspecified atom stereocenters. The van der Waals surface area contributed by atoms with E-state index < -0.39 is 0 Å². The summed E-state index contributed by atoms with van der Waals surface area (Å²) in [6.07, 6.45) is 1.74. The van der Waals surface area contributed by atoms with Crippen LogP contribution in [0.15, 0.2) is 30.3 Å². The molecule has 0 amide bonds. The van der Waals surface area contributed by atoms with Crippen LogP contribution < -0.4 is 0 Å². The highest BCUT2D eigenvalue weighted by Gasteiger charge is 2.39. The lowest BCUT2D eigenvalue weighted by molar-refractivity contribution is -0.120. The second-order valence-electron chi connectivity index (χ2n) is 5.14. The lowest BCUT2D eigenvalue weighted by Crippen LogP contribution is -2.38. The van der Waals surface area contributed by atoms with E-state index in [0.717, 1.165) is 6.42 Å². The van der Waals surface area contributed by atoms with E-state index in [0.29, 0.717) is 35.4 Å². The van der Waals surface area contributed by atoms with Crippen LogP contribution >= 0.6 is 11.8 Å². The van der Waals surface area contributed by atoms with Crippen molar-refractivity contribution in [2.75, 3.05) is 6.54 Å². The first-order chi connectivity index (χ1) is 9.17. The van der Waals surface area contributed by atoms with Crippen molar-refractivity contribution in [1.82, 2.24) is 4.90 Å². The van der Waals surface area contributed by atoms with E-state index >= 15 is 0 Å². The molecule has 0 bridgehead atoms. The van der Waals surface area contributed by atoms with Gasteiger partial charge in [0.1, 0.15) is 5.78 Å². The molecule has 0 aliphatic carbocycles. The van der Waals surface area contributed by atoms with Crippen LogP contribution in [0.3, 0.4) is 0 Å². The van der Waals surface area contributed by atoms with E-state index in [4.69, 9.17) is 0 Å². The number of hydrogen-bond acceptors (Lipinski definition) is 3. The molecule has 104 valence electrons. The predicted molar refractivity (Wildman–Crippen MR) is 82.3 cm³/mol. The monoisotopic (exact) mass is 277 g/mol. The standard InChI is InChI=1S/C16H23NOS/c1-4-14(18)11-17-15(5-2)12(3)19-16(17)13-9-7-6-8-10-13/h6-10,12,15-16H,4-5,11H2,1-3H3. The number of carbonyl (C=O) groups excluding carboxylic acids is 1. The summed E-state index contributed by atoms with van der Waals surface area (Å²) in [5, 5.41) is 0.913. The highest BCUT2D eigenvalue weighted by atomic mass is 32.2. The predicted octanol–water partition coefficient (Wildman–Crippen LogP) is 3.88. The Morgan fingerprint density at radius 3 is 2.53 bits per heavy atom. The summed E-state index contributed by atoms with van der Waals surface area (Å²) in [5.74, 6) is 0.342. The van der Waals surface area contributed by atoms with Crippen LogP contribution in [0.2, 0.25) is 0 Å². The van der Waals surface area contributed by atoms with Gasteiger partial charge in [0.15, 0.2) is 0 Å². The van der Waals surface area contributed by atoms with Crippen molar-refractivity contribution in [3.8, 4) is 0 Å². The third-order valence-electron chi connectivity index (χ3n) is 3.87. The summed E-state index contributed by atoms with van der Waals surface area (Å²) < 4.78 is 0. The van der Waals surface area contributed by atoms with E-state index in [2.05, 4.69) is 43.0 Å². The molecule has 0 radical (unpaired) electrons. The molecule has 0 spiro atoms. The molecule has 0 aromatic heterocycles. The van der Waals surface area contributed by atoms with Crippen LogP contribution in [0.1, 0.15) is 44.6 Å². The third kappa shape index (κ3) is 3.21. The minimum absolute atomic E-state index is 0.330. The average Bonchev–Trinajstić information content (AvgIpc) is 2.75. The van der Waals surface area contributed by atoms with Crippen LogP contribution in [0.5, 0.6) is 0 Å². The molecule has 1 heterocycles. The molecule has 19 heavy (non-hydrogen) atoms. The van der Waals surface area contributed by atoms with Crippen molar-refractivity contribution in [3.05, 3.63) is 35.9 Å². The van der Waals surface area contributed by atoms with Gasteiger partial charge >= 0.3 is 0 Å². The van der Waals surface area contributed by atoms with Crippen LogP contribution in [0, 0.1) is 0 Å². The fourth-order valence-electron chi connectivity index (χ4n) is 2.79. The quantitative estimate of drug-likeness (QED) is 0.814. The maximum Gasteiger partial charge on any atom is 0.146 e. The Morgan fingerprint density at radius 1 is 1.26 bits per heavy atom. The molecule has 1 aliphatic rings. The highest BCUT2D eigenvalue weighted by molar-refractivity contribution is 8.00. The molecule has 0 N–H and O–H groups in total. The van der Waals surface area contributed by atoms with Gasteiger partial charge in [0, 0.05) is 17.7 Å². The van der Waals surface area contributed by atoms with Gasteiger partial charge in [-0.15, -0.1) is 11.8 Å². The van der Waals surface area contributed by atoms with E-state index in [-0.39, 0.29) is 0 Å². The highest BCUT2D eigenvalue weighted by Crippen LogP contribution is 2.46. The number of nitrogens with zero attached hydrogens (tertiary/aromatic N) is 1. The number of rotatable bonds is 5. The maximum atomic E-state index is 11.9. The van der Waals surface area contributed by atoms with Crippen molar-refractivity contribution in [1.29, 1.82) is 0 Å². The first-order valence-electron chi connectivity index (χ1n) is 7.15. The number of carbonyl (C=O) groups is 1. The molecular formula is C16H23NOS. The van der Waals surface area contributed by atoms with Gasteiger partial charge in [-0.05, 0) is 12.0 Å². The fourth-order valence-corrected chi connectivity index (χ4v) is 4.42. The van der Waals surface area contributed by atoms with Gasteiger partial charge in [-0.3, -0.25) is 9.69 Å². The molecule has 1 fully saturated rings. The first-order valence-corrected chi connectivity index (χ1v) is 8.09. The van der Waals surface area contributed by atoms with Crippen molar-refractivity contribution >= 4 is 17.5 Å². The zero-order valence-corrected chi connectivity index (χ0v) is 12.8. The molecule has 2 rings (SSSR count). The van der Waals surface area contributed by atoms with Crippen LogP contribution in [0.25, 0.3) is 0 Å². The number of ketones is 1. The van der Waals surface area contributed by atoms with Gasteiger partial charge in [-0.2, -0.15) is 0 Å². The normalized spacial score (nSPS) is 27.6. The molecule has 3 atom stereocenters. The SMILES string of the molecule is CCC(=O)CN1C(c2ccccc2)SC(C)C1CC. The Labute approximate surface area is 120 Å². The van der Waals surface area contributed by atoms with Crippen molar-refractivity contribution < 1.29 is 4.79 Å². The zero-order chi connectivity index (χ0) is 13.8. The van der Waals surface area contributed by atoms with Crippen molar-refractivity contribution in [2.45, 2.75) is 50.3 Å². The smallest absolute Gasteiger partial charge is 0.146 e. The summed E-state index contributed by atoms with van der Waals surface area (Å²) in [6.45, 7) is 7.04. The molecule has 1 aromatic carbocycles. The first kappa shape index (κ1) is 14.6. The second-order valence-corrected chi connectivity index (χ2v) is 6.61. The van der Waals surface area contributed by atoms with Crippen LogP contribution in [-0.4, -0.2) is 28.5 Å². The average molecular weight is 277 g/mol. The summed E-state index contributed by atoms with van der Waals surface area (Å²) in [7, 11) is 0. The Morgan fingerprint density at radius 2 is 1.95 bits per heavy atom. The van der Waals surface area contributed by atoms with Crippen LogP contribution in [0.4, 0.5) is 0 Å². The third-order valence-corrected chi connectivity index (χ3v) is 5.41. The van der Waals surface area contributed by atoms with Gasteiger partial charge < -0.3 is 0 Å². The Bertz CT molecular complexity index is 420. The largest absolute Gasteiger partial charge is 0.298 e. The van der Waals surface area contributed by atoms with E-state index in [1.807, 2.05) is 24.8 Å². The van der Waals surface area contributed by atoms with Gasteiger partial charge in [0.05, 0.1) is 11.9 Å². The summed E-state index contributed by atoms with van der Waals surface area (Å²) >= 11 is 1.99. The summed E-state index contributed by atoms with van der Waals surface area (Å²) in [5.41, 5.74) is 1.32. The molecular weight excluding hydrogens is 254 g/mol. The lowest BCUT2D eigenvalue weighted by atomic mass is 10.1. The Hall–Kier alpha value is -0.800. The molecule has 1 saturated heterocycles.